The number of ether oxygens (including phenoxy) is 1. The fourth-order valence-electron chi connectivity index (χ4n) is 5.31. The molecular formula is C27H22ClF5N6O. The normalized spacial score (nSPS) is 17.8. The van der Waals surface area contributed by atoms with Crippen molar-refractivity contribution in [2.24, 2.45) is 0 Å². The smallest absolute Gasteiger partial charge is 0.266 e. The Balaban J connectivity index is 1.40. The number of hydrogen-bond acceptors (Lipinski definition) is 6. The van der Waals surface area contributed by atoms with E-state index in [4.69, 9.17) is 16.3 Å². The lowest BCUT2D eigenvalue weighted by atomic mass is 9.96. The van der Waals surface area contributed by atoms with Crippen molar-refractivity contribution in [3.63, 3.8) is 0 Å². The second-order valence-corrected chi connectivity index (χ2v) is 10.2. The van der Waals surface area contributed by atoms with Crippen LogP contribution in [0.25, 0.3) is 5.69 Å². The van der Waals surface area contributed by atoms with Gasteiger partial charge < -0.3 is 19.5 Å². The minimum absolute atomic E-state index is 0.0936. The molecule has 0 radical (unpaired) electrons. The standard InChI is InChI=1S/C27H22ClF5N6O/c1-40-21-10-15(2-5-20(21)39-11-22(28)34-13-39)35-26-36-24-16(14-8-18(29)23(31)19(30)9-14)3-4-17(24)25(37-26)38-7-6-27(32,33)12-38/h2,5,8-11,13,16H,3-4,6-7,12H2,1H3,(H,35,36,37). The van der Waals surface area contributed by atoms with Crippen molar-refractivity contribution >= 4 is 29.1 Å². The molecule has 2 aliphatic rings. The Morgan fingerprint density at radius 3 is 2.52 bits per heavy atom. The largest absolute Gasteiger partial charge is 0.494 e. The van der Waals surface area contributed by atoms with Crippen molar-refractivity contribution < 1.29 is 26.7 Å². The Hall–Kier alpha value is -3.93. The molecule has 1 fully saturated rings. The Labute approximate surface area is 230 Å². The number of anilines is 3. The van der Waals surface area contributed by atoms with Crippen molar-refractivity contribution in [2.45, 2.75) is 31.1 Å². The summed E-state index contributed by atoms with van der Waals surface area (Å²) in [6.07, 6.45) is 3.66. The van der Waals surface area contributed by atoms with Gasteiger partial charge in [0.1, 0.15) is 23.0 Å². The van der Waals surface area contributed by atoms with Gasteiger partial charge in [0, 0.05) is 42.4 Å². The summed E-state index contributed by atoms with van der Waals surface area (Å²) in [5.74, 6) is -6.67. The zero-order chi connectivity index (χ0) is 28.2. The molecule has 4 aromatic rings. The topological polar surface area (TPSA) is 68.1 Å². The summed E-state index contributed by atoms with van der Waals surface area (Å²) < 4.78 is 77.4. The molecule has 208 valence electrons. The van der Waals surface area contributed by atoms with E-state index in [1.165, 1.54) is 18.3 Å². The molecule has 1 N–H and O–H groups in total. The van der Waals surface area contributed by atoms with Gasteiger partial charge in [0.25, 0.3) is 5.92 Å². The Morgan fingerprint density at radius 2 is 1.88 bits per heavy atom. The fourth-order valence-corrected chi connectivity index (χ4v) is 5.45. The lowest BCUT2D eigenvalue weighted by molar-refractivity contribution is 0.0256. The first-order valence-corrected chi connectivity index (χ1v) is 12.8. The number of rotatable bonds is 6. The maximum absolute atomic E-state index is 14.2. The number of fused-ring (bicyclic) bond motifs is 1. The van der Waals surface area contributed by atoms with Crippen molar-refractivity contribution in [1.82, 2.24) is 19.5 Å². The van der Waals surface area contributed by atoms with Crippen molar-refractivity contribution in [3.8, 4) is 11.4 Å². The van der Waals surface area contributed by atoms with Crippen LogP contribution in [0.4, 0.5) is 39.4 Å². The summed E-state index contributed by atoms with van der Waals surface area (Å²) in [6.45, 7) is -0.410. The van der Waals surface area contributed by atoms with Gasteiger partial charge in [-0.25, -0.2) is 31.9 Å². The number of aromatic nitrogens is 4. The lowest BCUT2D eigenvalue weighted by Crippen LogP contribution is -2.27. The first kappa shape index (κ1) is 26.3. The van der Waals surface area contributed by atoms with Gasteiger partial charge in [0.2, 0.25) is 5.95 Å². The number of halogens is 6. The summed E-state index contributed by atoms with van der Waals surface area (Å²) in [6, 6.07) is 7.10. The molecule has 1 saturated heterocycles. The highest BCUT2D eigenvalue weighted by Gasteiger charge is 2.41. The van der Waals surface area contributed by atoms with Crippen molar-refractivity contribution in [1.29, 1.82) is 0 Å². The number of benzene rings is 2. The molecule has 1 unspecified atom stereocenters. The van der Waals surface area contributed by atoms with E-state index < -0.39 is 35.8 Å². The average Bonchev–Trinajstić information content (AvgIpc) is 3.64. The van der Waals surface area contributed by atoms with Crippen LogP contribution in [0.2, 0.25) is 5.15 Å². The fraction of sp³-hybridized carbons (Fsp3) is 0.296. The molecule has 0 spiro atoms. The van der Waals surface area contributed by atoms with Crippen LogP contribution in [0, 0.1) is 17.5 Å². The summed E-state index contributed by atoms with van der Waals surface area (Å²) in [7, 11) is 1.50. The van der Waals surface area contributed by atoms with Crippen LogP contribution >= 0.6 is 11.6 Å². The second kappa shape index (κ2) is 9.92. The molecule has 1 atom stereocenters. The third kappa shape index (κ3) is 4.80. The van der Waals surface area contributed by atoms with Gasteiger partial charge in [-0.3, -0.25) is 0 Å². The maximum atomic E-state index is 14.2. The first-order chi connectivity index (χ1) is 19.1. The minimum atomic E-state index is -2.87. The first-order valence-electron chi connectivity index (χ1n) is 12.4. The second-order valence-electron chi connectivity index (χ2n) is 9.77. The van der Waals surface area contributed by atoms with Gasteiger partial charge in [-0.05, 0) is 42.7 Å². The Bertz CT molecular complexity index is 1590. The number of hydrogen-bond donors (Lipinski definition) is 1. The predicted molar refractivity (Wildman–Crippen MR) is 139 cm³/mol. The van der Waals surface area contributed by atoms with Gasteiger partial charge in [-0.15, -0.1) is 0 Å². The molecule has 13 heteroatoms. The van der Waals surface area contributed by atoms with Gasteiger partial charge in [-0.1, -0.05) is 11.6 Å². The van der Waals surface area contributed by atoms with E-state index in [1.54, 1.807) is 29.0 Å². The van der Waals surface area contributed by atoms with Gasteiger partial charge in [-0.2, -0.15) is 4.98 Å². The average molecular weight is 577 g/mol. The molecule has 1 aliphatic carbocycles. The number of nitrogens with zero attached hydrogens (tertiary/aromatic N) is 5. The monoisotopic (exact) mass is 576 g/mol. The predicted octanol–water partition coefficient (Wildman–Crippen LogP) is 6.41. The highest BCUT2D eigenvalue weighted by molar-refractivity contribution is 6.29. The molecule has 1 aliphatic heterocycles. The zero-order valence-electron chi connectivity index (χ0n) is 21.1. The van der Waals surface area contributed by atoms with Crippen molar-refractivity contribution in [3.05, 3.63) is 82.3 Å². The zero-order valence-corrected chi connectivity index (χ0v) is 21.8. The van der Waals surface area contributed by atoms with E-state index in [9.17, 15) is 22.0 Å². The number of nitrogens with one attached hydrogen (secondary N) is 1. The molecule has 7 nitrogen and oxygen atoms in total. The minimum Gasteiger partial charge on any atom is -0.494 e. The molecule has 2 aromatic heterocycles. The third-order valence-corrected chi connectivity index (χ3v) is 7.37. The van der Waals surface area contributed by atoms with Crippen LogP contribution < -0.4 is 15.0 Å². The molecule has 40 heavy (non-hydrogen) atoms. The molecule has 0 saturated carbocycles. The highest BCUT2D eigenvalue weighted by atomic mass is 35.5. The molecular weight excluding hydrogens is 555 g/mol. The van der Waals surface area contributed by atoms with Crippen LogP contribution in [-0.4, -0.2) is 45.6 Å². The summed E-state index contributed by atoms with van der Waals surface area (Å²) >= 11 is 5.95. The van der Waals surface area contributed by atoms with Gasteiger partial charge in [0.15, 0.2) is 17.5 Å². The van der Waals surface area contributed by atoms with E-state index in [-0.39, 0.29) is 24.5 Å². The Kier molecular flexibility index (Phi) is 6.52. The van der Waals surface area contributed by atoms with E-state index in [0.717, 1.165) is 12.1 Å². The van der Waals surface area contributed by atoms with Crippen LogP contribution in [0.5, 0.6) is 5.75 Å². The molecule has 3 heterocycles. The molecule has 0 bridgehead atoms. The van der Waals surface area contributed by atoms with Crippen LogP contribution in [0.15, 0.2) is 42.9 Å². The summed E-state index contributed by atoms with van der Waals surface area (Å²) in [5, 5.41) is 3.42. The van der Waals surface area contributed by atoms with Crippen LogP contribution in [0.1, 0.15) is 35.6 Å². The highest BCUT2D eigenvalue weighted by Crippen LogP contribution is 2.43. The summed E-state index contributed by atoms with van der Waals surface area (Å²) in [5.41, 5.74) is 2.50. The lowest BCUT2D eigenvalue weighted by Gasteiger charge is -2.22. The third-order valence-electron chi connectivity index (χ3n) is 7.17. The van der Waals surface area contributed by atoms with E-state index in [1.807, 2.05) is 0 Å². The molecule has 0 amide bonds. The van der Waals surface area contributed by atoms with Gasteiger partial charge >= 0.3 is 0 Å². The Morgan fingerprint density at radius 1 is 1.10 bits per heavy atom. The number of imidazole rings is 1. The molecule has 2 aromatic carbocycles. The van der Waals surface area contributed by atoms with E-state index >= 15 is 0 Å². The SMILES string of the molecule is COc1cc(Nc2nc3c(c(N4CCC(F)(F)C4)n2)CCC3c2cc(F)c(F)c(F)c2)ccc1-n1cnc(Cl)c1. The van der Waals surface area contributed by atoms with E-state index in [0.29, 0.717) is 52.2 Å². The summed E-state index contributed by atoms with van der Waals surface area (Å²) in [4.78, 5) is 14.8. The maximum Gasteiger partial charge on any atom is 0.266 e. The van der Waals surface area contributed by atoms with Crippen LogP contribution in [-0.2, 0) is 6.42 Å². The van der Waals surface area contributed by atoms with Gasteiger partial charge in [0.05, 0.1) is 25.0 Å². The number of alkyl halides is 2. The van der Waals surface area contributed by atoms with Crippen LogP contribution in [0.3, 0.4) is 0 Å². The number of methoxy groups -OCH3 is 1. The van der Waals surface area contributed by atoms with Crippen molar-refractivity contribution in [2.75, 3.05) is 30.4 Å². The quantitative estimate of drug-likeness (QED) is 0.211. The molecule has 6 rings (SSSR count). The van der Waals surface area contributed by atoms with E-state index in [2.05, 4.69) is 20.3 Å².